The van der Waals surface area contributed by atoms with Gasteiger partial charge >= 0.3 is 6.09 Å². The summed E-state index contributed by atoms with van der Waals surface area (Å²) in [4.78, 5) is 16.1. The summed E-state index contributed by atoms with van der Waals surface area (Å²) in [6.45, 7) is 3.52. The Labute approximate surface area is 155 Å². The third-order valence-electron chi connectivity index (χ3n) is 3.55. The number of nitrogens with one attached hydrogen (secondary N) is 2. The van der Waals surface area contributed by atoms with Gasteiger partial charge in [0.25, 0.3) is 0 Å². The Kier molecular flexibility index (Phi) is 5.25. The van der Waals surface area contributed by atoms with Crippen LogP contribution in [-0.2, 0) is 4.74 Å². The Morgan fingerprint density at radius 3 is 2.70 bits per heavy atom. The number of amides is 1. The van der Waals surface area contributed by atoms with Gasteiger partial charge in [0.05, 0.1) is 26.0 Å². The molecular formula is C17H20N6O4. The number of hydrogen-bond donors (Lipinski definition) is 2. The van der Waals surface area contributed by atoms with Gasteiger partial charge in [-0.2, -0.15) is 0 Å². The number of nitrogens with zero attached hydrogens (tertiary/aromatic N) is 4. The molecule has 3 aromatic rings. The van der Waals surface area contributed by atoms with E-state index in [2.05, 4.69) is 25.8 Å². The molecule has 142 valence electrons. The highest BCUT2D eigenvalue weighted by Crippen LogP contribution is 2.31. The number of rotatable bonds is 6. The molecule has 0 unspecified atom stereocenters. The van der Waals surface area contributed by atoms with Crippen LogP contribution < -0.4 is 20.1 Å². The van der Waals surface area contributed by atoms with Gasteiger partial charge in [-0.1, -0.05) is 0 Å². The van der Waals surface area contributed by atoms with Crippen LogP contribution in [0.4, 0.5) is 22.2 Å². The van der Waals surface area contributed by atoms with Crippen molar-refractivity contribution in [1.29, 1.82) is 0 Å². The minimum Gasteiger partial charge on any atom is -0.497 e. The summed E-state index contributed by atoms with van der Waals surface area (Å²) < 4.78 is 17.2. The van der Waals surface area contributed by atoms with Crippen molar-refractivity contribution in [2.75, 3.05) is 24.9 Å². The zero-order chi connectivity index (χ0) is 19.4. The number of methoxy groups -OCH3 is 2. The summed E-state index contributed by atoms with van der Waals surface area (Å²) in [5.41, 5.74) is 1.10. The summed E-state index contributed by atoms with van der Waals surface area (Å²) in [6.07, 6.45) is 2.35. The van der Waals surface area contributed by atoms with Crippen molar-refractivity contribution < 1.29 is 19.0 Å². The predicted molar refractivity (Wildman–Crippen MR) is 98.9 cm³/mol. The second kappa shape index (κ2) is 7.77. The van der Waals surface area contributed by atoms with Gasteiger partial charge in [-0.25, -0.2) is 9.78 Å². The number of carbonyl (C=O) groups excluding carboxylic acids is 1. The molecule has 0 spiro atoms. The lowest BCUT2D eigenvalue weighted by Gasteiger charge is -2.12. The maximum absolute atomic E-state index is 11.8. The zero-order valence-electron chi connectivity index (χ0n) is 15.4. The minimum absolute atomic E-state index is 0.225. The van der Waals surface area contributed by atoms with Crippen LogP contribution in [0.5, 0.6) is 11.5 Å². The minimum atomic E-state index is -0.609. The Bertz CT molecular complexity index is 956. The molecule has 0 saturated carbocycles. The van der Waals surface area contributed by atoms with Crippen LogP contribution in [-0.4, -0.2) is 46.0 Å². The average Bonchev–Trinajstić information content (AvgIpc) is 3.05. The zero-order valence-corrected chi connectivity index (χ0v) is 15.4. The number of fused-ring (bicyclic) bond motifs is 1. The van der Waals surface area contributed by atoms with E-state index in [0.29, 0.717) is 28.7 Å². The first-order chi connectivity index (χ1) is 13.0. The van der Waals surface area contributed by atoms with Crippen molar-refractivity contribution in [2.24, 2.45) is 0 Å². The number of aromatic nitrogens is 4. The lowest BCUT2D eigenvalue weighted by molar-refractivity contribution is 0.129. The van der Waals surface area contributed by atoms with Crippen molar-refractivity contribution in [1.82, 2.24) is 19.6 Å². The van der Waals surface area contributed by atoms with Gasteiger partial charge in [-0.05, 0) is 26.0 Å². The average molecular weight is 372 g/mol. The van der Waals surface area contributed by atoms with E-state index in [-0.39, 0.29) is 12.1 Å². The fourth-order valence-corrected chi connectivity index (χ4v) is 2.36. The molecule has 1 amide bonds. The van der Waals surface area contributed by atoms with Gasteiger partial charge in [-0.3, -0.25) is 9.72 Å². The van der Waals surface area contributed by atoms with E-state index in [1.807, 2.05) is 0 Å². The molecule has 0 fully saturated rings. The molecule has 27 heavy (non-hydrogen) atoms. The highest BCUT2D eigenvalue weighted by Gasteiger charge is 2.15. The number of benzene rings is 1. The highest BCUT2D eigenvalue weighted by molar-refractivity contribution is 5.83. The van der Waals surface area contributed by atoms with Crippen molar-refractivity contribution in [3.05, 3.63) is 30.6 Å². The highest BCUT2D eigenvalue weighted by atomic mass is 16.6. The molecular weight excluding hydrogens is 352 g/mol. The molecule has 10 nitrogen and oxygen atoms in total. The Morgan fingerprint density at radius 1 is 1.19 bits per heavy atom. The van der Waals surface area contributed by atoms with Gasteiger partial charge in [-0.15, -0.1) is 10.2 Å². The number of anilines is 3. The monoisotopic (exact) mass is 372 g/mol. The molecule has 2 heterocycles. The molecule has 1 aromatic carbocycles. The molecule has 0 bridgehead atoms. The first-order valence-corrected chi connectivity index (χ1v) is 8.18. The van der Waals surface area contributed by atoms with Crippen molar-refractivity contribution in [3.8, 4) is 11.5 Å². The normalized spacial score (nSPS) is 10.7. The second-order valence-electron chi connectivity index (χ2n) is 5.76. The van der Waals surface area contributed by atoms with Gasteiger partial charge in [0.15, 0.2) is 5.82 Å². The fourth-order valence-electron chi connectivity index (χ4n) is 2.36. The van der Waals surface area contributed by atoms with Gasteiger partial charge < -0.3 is 19.5 Å². The van der Waals surface area contributed by atoms with Crippen LogP contribution in [0.15, 0.2) is 30.6 Å². The maximum Gasteiger partial charge on any atom is 0.414 e. The van der Waals surface area contributed by atoms with E-state index >= 15 is 0 Å². The standard InChI is InChI=1S/C17H20N6O4/c1-10(2)27-17(24)20-16-22-21-15-14(18-7-8-23(15)16)19-12-6-5-11(25-3)9-13(12)26-4/h5-10H,1-4H3,(H,18,19)(H,20,22,24). The number of carbonyl (C=O) groups is 1. The van der Waals surface area contributed by atoms with Crippen molar-refractivity contribution in [3.63, 3.8) is 0 Å². The van der Waals surface area contributed by atoms with Crippen LogP contribution >= 0.6 is 0 Å². The molecule has 2 aromatic heterocycles. The van der Waals surface area contributed by atoms with Crippen LogP contribution in [0.1, 0.15) is 13.8 Å². The van der Waals surface area contributed by atoms with E-state index in [1.54, 1.807) is 63.1 Å². The van der Waals surface area contributed by atoms with Gasteiger partial charge in [0.1, 0.15) is 11.5 Å². The fraction of sp³-hybridized carbons (Fsp3) is 0.294. The van der Waals surface area contributed by atoms with Crippen LogP contribution in [0.2, 0.25) is 0 Å². The first kappa shape index (κ1) is 18.2. The van der Waals surface area contributed by atoms with Crippen molar-refractivity contribution >= 4 is 29.2 Å². The Balaban J connectivity index is 1.89. The smallest absolute Gasteiger partial charge is 0.414 e. The predicted octanol–water partition coefficient (Wildman–Crippen LogP) is 2.84. The topological polar surface area (TPSA) is 112 Å². The molecule has 0 aliphatic heterocycles. The molecule has 0 aliphatic rings. The van der Waals surface area contributed by atoms with Crippen molar-refractivity contribution in [2.45, 2.75) is 20.0 Å². The molecule has 0 radical (unpaired) electrons. The molecule has 2 N–H and O–H groups in total. The lowest BCUT2D eigenvalue weighted by Crippen LogP contribution is -2.19. The first-order valence-electron chi connectivity index (χ1n) is 8.18. The van der Waals surface area contributed by atoms with E-state index in [1.165, 1.54) is 0 Å². The SMILES string of the molecule is COc1ccc(Nc2nccn3c(NC(=O)OC(C)C)nnc23)c(OC)c1. The quantitative estimate of drug-likeness (QED) is 0.679. The Morgan fingerprint density at radius 2 is 2.00 bits per heavy atom. The molecule has 0 saturated heterocycles. The number of ether oxygens (including phenoxy) is 3. The number of hydrogen-bond acceptors (Lipinski definition) is 8. The van der Waals surface area contributed by atoms with Crippen LogP contribution in [0, 0.1) is 0 Å². The molecule has 3 rings (SSSR count). The summed E-state index contributed by atoms with van der Waals surface area (Å²) in [5, 5.41) is 13.8. The van der Waals surface area contributed by atoms with Crippen LogP contribution in [0.25, 0.3) is 5.65 Å². The van der Waals surface area contributed by atoms with E-state index in [4.69, 9.17) is 14.2 Å². The largest absolute Gasteiger partial charge is 0.497 e. The summed E-state index contributed by atoms with van der Waals surface area (Å²) >= 11 is 0. The van der Waals surface area contributed by atoms with Crippen LogP contribution in [0.3, 0.4) is 0 Å². The molecule has 10 heteroatoms. The van der Waals surface area contributed by atoms with Gasteiger partial charge in [0.2, 0.25) is 11.6 Å². The summed E-state index contributed by atoms with van der Waals surface area (Å²) in [5.74, 6) is 1.92. The van der Waals surface area contributed by atoms with Gasteiger partial charge in [0, 0.05) is 18.5 Å². The van der Waals surface area contributed by atoms with E-state index < -0.39 is 6.09 Å². The summed E-state index contributed by atoms with van der Waals surface area (Å²) in [6, 6.07) is 5.35. The summed E-state index contributed by atoms with van der Waals surface area (Å²) in [7, 11) is 3.15. The third kappa shape index (κ3) is 4.00. The Hall–Kier alpha value is -3.56. The maximum atomic E-state index is 11.8. The third-order valence-corrected chi connectivity index (χ3v) is 3.55. The lowest BCUT2D eigenvalue weighted by atomic mass is 10.2. The van der Waals surface area contributed by atoms with E-state index in [0.717, 1.165) is 0 Å². The van der Waals surface area contributed by atoms with E-state index in [9.17, 15) is 4.79 Å². The molecule has 0 atom stereocenters. The second-order valence-corrected chi connectivity index (χ2v) is 5.76. The molecule has 0 aliphatic carbocycles.